The number of benzene rings is 3. The predicted octanol–water partition coefficient (Wildman–Crippen LogP) is 4.61. The average molecular weight is 421 g/mol. The molecule has 1 atom stereocenters. The molecule has 3 aromatic rings. The fourth-order valence-corrected chi connectivity index (χ4v) is 4.50. The Hall–Kier alpha value is -3.12. The Morgan fingerprint density at radius 3 is 2.17 bits per heavy atom. The Morgan fingerprint density at radius 2 is 1.50 bits per heavy atom. The van der Waals surface area contributed by atoms with E-state index in [4.69, 9.17) is 0 Å². The van der Waals surface area contributed by atoms with Gasteiger partial charge in [-0.05, 0) is 35.4 Å². The molecule has 3 aromatic carbocycles. The predicted molar refractivity (Wildman–Crippen MR) is 116 cm³/mol. The quantitative estimate of drug-likeness (QED) is 0.449. The molecule has 4 rings (SSSR count). The van der Waals surface area contributed by atoms with Crippen LogP contribution in [-0.4, -0.2) is 29.1 Å². The third-order valence-corrected chi connectivity index (χ3v) is 6.14. The molecule has 3 amide bonds. The van der Waals surface area contributed by atoms with Gasteiger partial charge in [0, 0.05) is 23.6 Å². The summed E-state index contributed by atoms with van der Waals surface area (Å²) >= 11 is 1.48. The van der Waals surface area contributed by atoms with Crippen LogP contribution < -0.4 is 5.32 Å². The molecule has 4 nitrogen and oxygen atoms in total. The van der Waals surface area contributed by atoms with E-state index in [1.54, 1.807) is 12.1 Å². The fraction of sp³-hybridized carbons (Fsp3) is 0.167. The molecule has 1 heterocycles. The first-order valence-corrected chi connectivity index (χ1v) is 10.7. The van der Waals surface area contributed by atoms with Crippen molar-refractivity contribution in [3.8, 4) is 0 Å². The highest BCUT2D eigenvalue weighted by Crippen LogP contribution is 2.33. The number of amides is 3. The molecule has 1 N–H and O–H groups in total. The van der Waals surface area contributed by atoms with Crippen LogP contribution in [0.25, 0.3) is 0 Å². The van der Waals surface area contributed by atoms with Gasteiger partial charge in [-0.1, -0.05) is 60.7 Å². The number of hydrogen-bond acceptors (Lipinski definition) is 3. The topological polar surface area (TPSA) is 49.4 Å². The van der Waals surface area contributed by atoms with Gasteiger partial charge in [0.15, 0.2) is 5.54 Å². The van der Waals surface area contributed by atoms with Gasteiger partial charge in [-0.25, -0.2) is 9.18 Å². The van der Waals surface area contributed by atoms with E-state index in [0.29, 0.717) is 12.2 Å². The van der Waals surface area contributed by atoms with Crippen molar-refractivity contribution in [1.82, 2.24) is 10.2 Å². The zero-order valence-corrected chi connectivity index (χ0v) is 17.1. The van der Waals surface area contributed by atoms with E-state index in [2.05, 4.69) is 5.32 Å². The van der Waals surface area contributed by atoms with Crippen LogP contribution in [0.15, 0.2) is 89.8 Å². The molecular weight excluding hydrogens is 399 g/mol. The van der Waals surface area contributed by atoms with Crippen molar-refractivity contribution in [2.75, 3.05) is 12.3 Å². The maximum Gasteiger partial charge on any atom is 0.325 e. The number of nitrogens with zero attached hydrogens (tertiary/aromatic N) is 1. The number of hydrogen-bond donors (Lipinski definition) is 1. The van der Waals surface area contributed by atoms with Gasteiger partial charge >= 0.3 is 6.03 Å². The van der Waals surface area contributed by atoms with Gasteiger partial charge in [-0.15, -0.1) is 11.8 Å². The maximum atomic E-state index is 13.5. The summed E-state index contributed by atoms with van der Waals surface area (Å²) in [5, 5.41) is 2.97. The maximum absolute atomic E-state index is 13.5. The molecule has 0 unspecified atom stereocenters. The van der Waals surface area contributed by atoms with E-state index in [0.717, 1.165) is 16.0 Å². The van der Waals surface area contributed by atoms with Gasteiger partial charge in [-0.3, -0.25) is 9.69 Å². The lowest BCUT2D eigenvalue weighted by molar-refractivity contribution is -0.131. The zero-order chi connectivity index (χ0) is 21.0. The summed E-state index contributed by atoms with van der Waals surface area (Å²) in [5.74, 6) is -0.00895. The number of carbonyl (C=O) groups is 2. The van der Waals surface area contributed by atoms with Crippen LogP contribution in [0.2, 0.25) is 0 Å². The fourth-order valence-electron chi connectivity index (χ4n) is 3.66. The molecule has 30 heavy (non-hydrogen) atoms. The van der Waals surface area contributed by atoms with Crippen molar-refractivity contribution in [1.29, 1.82) is 0 Å². The average Bonchev–Trinajstić information content (AvgIpc) is 3.01. The number of carbonyl (C=O) groups excluding carboxylic acids is 2. The van der Waals surface area contributed by atoms with Crippen LogP contribution in [0.1, 0.15) is 11.1 Å². The minimum atomic E-state index is -1.12. The molecule has 0 aromatic heterocycles. The van der Waals surface area contributed by atoms with Crippen molar-refractivity contribution >= 4 is 23.7 Å². The Bertz CT molecular complexity index is 1030. The smallest absolute Gasteiger partial charge is 0.319 e. The Kier molecular flexibility index (Phi) is 5.86. The molecule has 1 aliphatic heterocycles. The second kappa shape index (κ2) is 8.71. The Morgan fingerprint density at radius 1 is 0.867 bits per heavy atom. The van der Waals surface area contributed by atoms with E-state index in [1.807, 2.05) is 60.7 Å². The summed E-state index contributed by atoms with van der Waals surface area (Å²) in [6.07, 6.45) is 0.379. The van der Waals surface area contributed by atoms with Crippen LogP contribution >= 0.6 is 11.8 Å². The molecule has 0 saturated carbocycles. The van der Waals surface area contributed by atoms with E-state index in [-0.39, 0.29) is 24.3 Å². The zero-order valence-electron chi connectivity index (χ0n) is 16.3. The molecule has 0 radical (unpaired) electrons. The second-order valence-electron chi connectivity index (χ2n) is 7.12. The molecule has 1 aliphatic rings. The number of halogens is 1. The van der Waals surface area contributed by atoms with Crippen molar-refractivity contribution < 1.29 is 14.0 Å². The molecule has 1 saturated heterocycles. The van der Waals surface area contributed by atoms with Gasteiger partial charge < -0.3 is 5.32 Å². The Labute approximate surface area is 179 Å². The van der Waals surface area contributed by atoms with Crippen LogP contribution in [0.5, 0.6) is 0 Å². The first-order chi connectivity index (χ1) is 14.6. The third kappa shape index (κ3) is 4.09. The molecule has 1 fully saturated rings. The van der Waals surface area contributed by atoms with Gasteiger partial charge in [-0.2, -0.15) is 0 Å². The van der Waals surface area contributed by atoms with Crippen molar-refractivity contribution in [3.63, 3.8) is 0 Å². The van der Waals surface area contributed by atoms with E-state index in [1.165, 1.54) is 28.8 Å². The lowest BCUT2D eigenvalue weighted by Gasteiger charge is -2.27. The Balaban J connectivity index is 1.55. The highest BCUT2D eigenvalue weighted by atomic mass is 32.2. The normalized spacial score (nSPS) is 18.5. The molecule has 0 aliphatic carbocycles. The molecule has 0 spiro atoms. The summed E-state index contributed by atoms with van der Waals surface area (Å²) in [4.78, 5) is 28.5. The lowest BCUT2D eigenvalue weighted by atomic mass is 9.83. The minimum absolute atomic E-state index is 0.248. The van der Waals surface area contributed by atoms with E-state index >= 15 is 0 Å². The standard InChI is InChI=1S/C24H21FN2O2S/c25-20-11-13-21(14-12-20)30-16-15-27-22(28)24(26-23(27)29,19-9-5-2-6-10-19)17-18-7-3-1-4-8-18/h1-14H,15-17H2,(H,26,29)/t24-/m0/s1. The van der Waals surface area contributed by atoms with Gasteiger partial charge in [0.1, 0.15) is 5.82 Å². The van der Waals surface area contributed by atoms with Gasteiger partial charge in [0.25, 0.3) is 5.91 Å². The molecule has 152 valence electrons. The van der Waals surface area contributed by atoms with Crippen LogP contribution in [0.4, 0.5) is 9.18 Å². The molecule has 6 heteroatoms. The molecule has 0 bridgehead atoms. The number of imide groups is 1. The summed E-state index contributed by atoms with van der Waals surface area (Å²) in [6, 6.07) is 24.8. The number of urea groups is 1. The monoisotopic (exact) mass is 420 g/mol. The first kappa shape index (κ1) is 20.2. The third-order valence-electron chi connectivity index (χ3n) is 5.15. The van der Waals surface area contributed by atoms with Gasteiger partial charge in [0.2, 0.25) is 0 Å². The van der Waals surface area contributed by atoms with Crippen LogP contribution in [0, 0.1) is 5.82 Å². The number of rotatable bonds is 7. The highest BCUT2D eigenvalue weighted by Gasteiger charge is 2.52. The largest absolute Gasteiger partial charge is 0.325 e. The first-order valence-electron chi connectivity index (χ1n) is 9.70. The van der Waals surface area contributed by atoms with Crippen molar-refractivity contribution in [2.24, 2.45) is 0 Å². The summed E-state index contributed by atoms with van der Waals surface area (Å²) in [7, 11) is 0. The number of nitrogens with one attached hydrogen (secondary N) is 1. The molecular formula is C24H21FN2O2S. The van der Waals surface area contributed by atoms with Crippen LogP contribution in [0.3, 0.4) is 0 Å². The second-order valence-corrected chi connectivity index (χ2v) is 8.29. The SMILES string of the molecule is O=C1N[C@@](Cc2ccccc2)(c2ccccc2)C(=O)N1CCSc1ccc(F)cc1. The van der Waals surface area contributed by atoms with E-state index < -0.39 is 5.54 Å². The highest BCUT2D eigenvalue weighted by molar-refractivity contribution is 7.99. The lowest BCUT2D eigenvalue weighted by Crippen LogP contribution is -2.46. The number of thioether (sulfide) groups is 1. The summed E-state index contributed by atoms with van der Waals surface area (Å²) in [5.41, 5.74) is 0.610. The summed E-state index contributed by atoms with van der Waals surface area (Å²) < 4.78 is 13.1. The van der Waals surface area contributed by atoms with Crippen molar-refractivity contribution in [2.45, 2.75) is 16.9 Å². The summed E-state index contributed by atoms with van der Waals surface area (Å²) in [6.45, 7) is 0.274. The minimum Gasteiger partial charge on any atom is -0.319 e. The van der Waals surface area contributed by atoms with Crippen LogP contribution in [-0.2, 0) is 16.8 Å². The van der Waals surface area contributed by atoms with Gasteiger partial charge in [0.05, 0.1) is 0 Å². The van der Waals surface area contributed by atoms with E-state index in [9.17, 15) is 14.0 Å². The van der Waals surface area contributed by atoms with Crippen molar-refractivity contribution in [3.05, 3.63) is 102 Å².